The smallest absolute Gasteiger partial charge is 0.328 e. The van der Waals surface area contributed by atoms with Crippen LogP contribution in [0.4, 0.5) is 0 Å². The second kappa shape index (κ2) is 9.50. The lowest BCUT2D eigenvalue weighted by Crippen LogP contribution is -2.47. The summed E-state index contributed by atoms with van der Waals surface area (Å²) in [4.78, 5) is 21.6. The Morgan fingerprint density at radius 3 is 2.57 bits per heavy atom. The van der Waals surface area contributed by atoms with Crippen molar-refractivity contribution in [1.29, 1.82) is 0 Å². The fourth-order valence-corrected chi connectivity index (χ4v) is 3.02. The summed E-state index contributed by atoms with van der Waals surface area (Å²) in [6.07, 6.45) is 7.92. The van der Waals surface area contributed by atoms with Gasteiger partial charge in [0.05, 0.1) is 6.61 Å². The summed E-state index contributed by atoms with van der Waals surface area (Å²) in [5.41, 5.74) is 1.94. The van der Waals surface area contributed by atoms with Crippen LogP contribution in [0.2, 0.25) is 0 Å². The van der Waals surface area contributed by atoms with Crippen molar-refractivity contribution in [2.75, 3.05) is 6.61 Å². The monoisotopic (exact) mass is 324 g/mol. The van der Waals surface area contributed by atoms with E-state index < -0.39 is 5.97 Å². The van der Waals surface area contributed by atoms with Gasteiger partial charge in [0.2, 0.25) is 0 Å². The van der Waals surface area contributed by atoms with Gasteiger partial charge in [0.25, 0.3) is 0 Å². The quantitative estimate of drug-likeness (QED) is 0.279. The molecule has 1 saturated heterocycles. The number of aliphatic hydroxyl groups excluding tert-OH is 1. The molecule has 0 aliphatic carbocycles. The molecule has 2 N–H and O–H groups in total. The zero-order valence-electron chi connectivity index (χ0n) is 14.2. The van der Waals surface area contributed by atoms with E-state index in [1.165, 1.54) is 11.6 Å². The molecule has 0 unspecified atom stereocenters. The SMILES string of the molecule is CC(=C\C(=O)O)/C=C(\C)C[C@H](C)CCCC[C@H]1OC(=O)[C@@H]1CO. The van der Waals surface area contributed by atoms with Crippen molar-refractivity contribution in [2.24, 2.45) is 11.8 Å². The minimum Gasteiger partial charge on any atom is -0.478 e. The Hall–Kier alpha value is -1.62. The lowest BCUT2D eigenvalue weighted by molar-refractivity contribution is -0.189. The minimum absolute atomic E-state index is 0.103. The molecule has 3 atom stereocenters. The van der Waals surface area contributed by atoms with Gasteiger partial charge in [0, 0.05) is 6.08 Å². The summed E-state index contributed by atoms with van der Waals surface area (Å²) in [5, 5.41) is 17.7. The molecule has 1 rings (SSSR count). The van der Waals surface area contributed by atoms with Gasteiger partial charge in [-0.25, -0.2) is 4.79 Å². The van der Waals surface area contributed by atoms with E-state index in [9.17, 15) is 9.59 Å². The Bertz CT molecular complexity index is 478. The summed E-state index contributed by atoms with van der Waals surface area (Å²) < 4.78 is 5.03. The van der Waals surface area contributed by atoms with Crippen LogP contribution >= 0.6 is 0 Å². The van der Waals surface area contributed by atoms with E-state index in [1.807, 2.05) is 13.0 Å². The highest BCUT2D eigenvalue weighted by Crippen LogP contribution is 2.27. The average Bonchev–Trinajstić information content (AvgIpc) is 2.40. The number of carbonyl (C=O) groups is 2. The number of rotatable bonds is 10. The lowest BCUT2D eigenvalue weighted by Gasteiger charge is -2.33. The molecule has 5 heteroatoms. The third-order valence-electron chi connectivity index (χ3n) is 4.15. The fourth-order valence-electron chi connectivity index (χ4n) is 3.02. The minimum atomic E-state index is -0.919. The first-order valence-electron chi connectivity index (χ1n) is 8.23. The standard InChI is InChI=1S/C18H28O5/c1-12(8-13(2)9-14(3)10-17(20)21)6-4-5-7-16-15(11-19)18(22)23-16/h9-10,12,15-16,19H,4-8,11H2,1-3H3,(H,20,21)/b13-9+,14-10+/t12-,15-,16-/m1/s1. The first-order valence-corrected chi connectivity index (χ1v) is 8.23. The van der Waals surface area contributed by atoms with Crippen molar-refractivity contribution in [1.82, 2.24) is 0 Å². The van der Waals surface area contributed by atoms with E-state index >= 15 is 0 Å². The summed E-state index contributed by atoms with van der Waals surface area (Å²) >= 11 is 0. The van der Waals surface area contributed by atoms with Crippen molar-refractivity contribution in [2.45, 2.75) is 59.0 Å². The molecule has 0 radical (unpaired) electrons. The zero-order valence-corrected chi connectivity index (χ0v) is 14.2. The number of hydrogen-bond acceptors (Lipinski definition) is 4. The molecule has 1 heterocycles. The number of ether oxygens (including phenoxy) is 1. The summed E-state index contributed by atoms with van der Waals surface area (Å²) in [5.74, 6) is -0.989. The maximum Gasteiger partial charge on any atom is 0.328 e. The number of carboxylic acids is 1. The van der Waals surface area contributed by atoms with Crippen molar-refractivity contribution in [3.05, 3.63) is 23.3 Å². The van der Waals surface area contributed by atoms with Crippen LogP contribution in [0.25, 0.3) is 0 Å². The van der Waals surface area contributed by atoms with Gasteiger partial charge in [-0.05, 0) is 44.6 Å². The number of allylic oxidation sites excluding steroid dienone is 3. The molecule has 0 aromatic carbocycles. The molecule has 1 aliphatic heterocycles. The molecule has 0 spiro atoms. The first kappa shape index (κ1) is 19.4. The first-order chi connectivity index (χ1) is 10.8. The highest BCUT2D eigenvalue weighted by atomic mass is 16.6. The number of carbonyl (C=O) groups excluding carboxylic acids is 1. The molecule has 5 nitrogen and oxygen atoms in total. The number of carboxylic acid groups (broad SMARTS) is 1. The third kappa shape index (κ3) is 6.99. The maximum atomic E-state index is 11.1. The second-order valence-electron chi connectivity index (χ2n) is 6.58. The topological polar surface area (TPSA) is 83.8 Å². The normalized spacial score (nSPS) is 23.2. The summed E-state index contributed by atoms with van der Waals surface area (Å²) in [6, 6.07) is 0. The highest BCUT2D eigenvalue weighted by Gasteiger charge is 2.41. The van der Waals surface area contributed by atoms with Crippen LogP contribution in [0.15, 0.2) is 23.3 Å². The van der Waals surface area contributed by atoms with E-state index in [1.54, 1.807) is 6.92 Å². The van der Waals surface area contributed by atoms with Gasteiger partial charge in [-0.1, -0.05) is 31.4 Å². The number of unbranched alkanes of at least 4 members (excludes halogenated alkanes) is 1. The Morgan fingerprint density at radius 1 is 1.30 bits per heavy atom. The van der Waals surface area contributed by atoms with Gasteiger partial charge >= 0.3 is 11.9 Å². The van der Waals surface area contributed by atoms with Gasteiger partial charge in [0.1, 0.15) is 12.0 Å². The Labute approximate surface area is 138 Å². The molecular formula is C18H28O5. The third-order valence-corrected chi connectivity index (χ3v) is 4.15. The van der Waals surface area contributed by atoms with Crippen LogP contribution in [0.3, 0.4) is 0 Å². The largest absolute Gasteiger partial charge is 0.478 e. The Kier molecular flexibility index (Phi) is 8.03. The van der Waals surface area contributed by atoms with Crippen molar-refractivity contribution < 1.29 is 24.5 Å². The molecule has 0 aromatic heterocycles. The van der Waals surface area contributed by atoms with Crippen LogP contribution in [0, 0.1) is 11.8 Å². The molecular weight excluding hydrogens is 296 g/mol. The molecule has 0 aromatic rings. The van der Waals surface area contributed by atoms with E-state index in [4.69, 9.17) is 14.9 Å². The van der Waals surface area contributed by atoms with Crippen LogP contribution in [0.5, 0.6) is 0 Å². The predicted octanol–water partition coefficient (Wildman–Crippen LogP) is 3.08. The lowest BCUT2D eigenvalue weighted by atomic mass is 9.91. The molecule has 1 aliphatic rings. The van der Waals surface area contributed by atoms with Gasteiger partial charge in [-0.2, -0.15) is 0 Å². The maximum absolute atomic E-state index is 11.1. The van der Waals surface area contributed by atoms with Crippen molar-refractivity contribution >= 4 is 11.9 Å². The van der Waals surface area contributed by atoms with Crippen molar-refractivity contribution in [3.63, 3.8) is 0 Å². The number of cyclic esters (lactones) is 1. The van der Waals surface area contributed by atoms with E-state index in [0.717, 1.165) is 37.7 Å². The number of aliphatic hydroxyl groups is 1. The van der Waals surface area contributed by atoms with Crippen LogP contribution in [0.1, 0.15) is 52.9 Å². The molecule has 0 saturated carbocycles. The molecule has 0 amide bonds. The molecule has 23 heavy (non-hydrogen) atoms. The number of hydrogen-bond donors (Lipinski definition) is 2. The molecule has 130 valence electrons. The Balaban J connectivity index is 2.21. The van der Waals surface area contributed by atoms with Gasteiger partial charge in [0.15, 0.2) is 0 Å². The van der Waals surface area contributed by atoms with E-state index in [0.29, 0.717) is 5.92 Å². The number of aliphatic carboxylic acids is 1. The predicted molar refractivity (Wildman–Crippen MR) is 87.9 cm³/mol. The van der Waals surface area contributed by atoms with Crippen molar-refractivity contribution in [3.8, 4) is 0 Å². The van der Waals surface area contributed by atoms with Gasteiger partial charge < -0.3 is 14.9 Å². The van der Waals surface area contributed by atoms with Gasteiger partial charge in [-0.3, -0.25) is 4.79 Å². The van der Waals surface area contributed by atoms with Crippen LogP contribution in [-0.2, 0) is 14.3 Å². The Morgan fingerprint density at radius 2 is 2.00 bits per heavy atom. The van der Waals surface area contributed by atoms with Crippen LogP contribution < -0.4 is 0 Å². The van der Waals surface area contributed by atoms with Crippen LogP contribution in [-0.4, -0.2) is 34.9 Å². The summed E-state index contributed by atoms with van der Waals surface area (Å²) in [7, 11) is 0. The van der Waals surface area contributed by atoms with E-state index in [-0.39, 0.29) is 24.6 Å². The molecule has 1 fully saturated rings. The van der Waals surface area contributed by atoms with Gasteiger partial charge in [-0.15, -0.1) is 0 Å². The molecule has 0 bridgehead atoms. The number of esters is 1. The summed E-state index contributed by atoms with van der Waals surface area (Å²) in [6.45, 7) is 5.88. The second-order valence-corrected chi connectivity index (χ2v) is 6.58. The zero-order chi connectivity index (χ0) is 17.4. The van der Waals surface area contributed by atoms with E-state index in [2.05, 4.69) is 6.92 Å². The average molecular weight is 324 g/mol. The highest BCUT2D eigenvalue weighted by molar-refractivity contribution is 5.81. The fraction of sp³-hybridized carbons (Fsp3) is 0.667.